The fourth-order valence-electron chi connectivity index (χ4n) is 3.55. The van der Waals surface area contributed by atoms with E-state index in [0.29, 0.717) is 25.9 Å². The smallest absolute Gasteiger partial charge is 0.229 e. The molecule has 2 amide bonds. The first-order chi connectivity index (χ1) is 15.0. The van der Waals surface area contributed by atoms with Gasteiger partial charge in [-0.05, 0) is 24.3 Å². The minimum absolute atomic E-state index is 0.0571. The van der Waals surface area contributed by atoms with Gasteiger partial charge in [0.1, 0.15) is 9.68 Å². The Labute approximate surface area is 189 Å². The number of hydrogen-bond donors (Lipinski definition) is 3. The number of carbonyl (C=O) groups is 2. The van der Waals surface area contributed by atoms with Crippen molar-refractivity contribution in [1.29, 1.82) is 0 Å². The van der Waals surface area contributed by atoms with Crippen molar-refractivity contribution in [3.8, 4) is 0 Å². The molecule has 1 aromatic carbocycles. The number of aromatic nitrogens is 2. The van der Waals surface area contributed by atoms with Crippen LogP contribution in [0.5, 0.6) is 0 Å². The minimum atomic E-state index is -0.0571. The van der Waals surface area contributed by atoms with Crippen LogP contribution in [0.3, 0.4) is 0 Å². The topological polar surface area (TPSA) is 93.3 Å². The Balaban J connectivity index is 0.000000282. The number of rotatable bonds is 4. The Bertz CT molecular complexity index is 1170. The van der Waals surface area contributed by atoms with Crippen molar-refractivity contribution in [2.75, 3.05) is 25.5 Å². The molecule has 1 fully saturated rings. The van der Waals surface area contributed by atoms with Crippen LogP contribution in [-0.4, -0.2) is 57.1 Å². The van der Waals surface area contributed by atoms with Gasteiger partial charge in [-0.2, -0.15) is 0 Å². The van der Waals surface area contributed by atoms with Crippen molar-refractivity contribution in [3.63, 3.8) is 0 Å². The number of aliphatic imine (C=N–C) groups is 1. The van der Waals surface area contributed by atoms with Gasteiger partial charge in [-0.1, -0.05) is 42.2 Å². The molecule has 160 valence electrons. The number of fused-ring (bicyclic) bond motifs is 1. The summed E-state index contributed by atoms with van der Waals surface area (Å²) in [6.07, 6.45) is 2.50. The van der Waals surface area contributed by atoms with E-state index in [2.05, 4.69) is 32.4 Å². The van der Waals surface area contributed by atoms with Gasteiger partial charge in [0.05, 0.1) is 23.4 Å². The highest BCUT2D eigenvalue weighted by atomic mass is 32.2. The summed E-state index contributed by atoms with van der Waals surface area (Å²) in [6, 6.07) is 13.8. The van der Waals surface area contributed by atoms with E-state index in [1.54, 1.807) is 11.8 Å². The van der Waals surface area contributed by atoms with Crippen LogP contribution >= 0.6 is 24.0 Å². The van der Waals surface area contributed by atoms with Crippen LogP contribution in [0.15, 0.2) is 53.7 Å². The second-order valence-electron chi connectivity index (χ2n) is 7.21. The lowest BCUT2D eigenvalue weighted by Gasteiger charge is -2.17. The van der Waals surface area contributed by atoms with Crippen molar-refractivity contribution in [2.24, 2.45) is 4.99 Å². The number of likely N-dealkylation sites (tertiary alicyclic amines) is 1. The van der Waals surface area contributed by atoms with Gasteiger partial charge in [0.15, 0.2) is 0 Å². The van der Waals surface area contributed by atoms with Crippen molar-refractivity contribution >= 4 is 57.4 Å². The number of para-hydroxylation sites is 1. The number of pyridine rings is 1. The quantitative estimate of drug-likeness (QED) is 0.411. The third-order valence-corrected chi connectivity index (χ3v) is 6.55. The van der Waals surface area contributed by atoms with Crippen LogP contribution in [0.25, 0.3) is 10.9 Å². The summed E-state index contributed by atoms with van der Waals surface area (Å²) in [4.78, 5) is 35.8. The summed E-state index contributed by atoms with van der Waals surface area (Å²) >= 11 is 6.39. The first-order valence-corrected chi connectivity index (χ1v) is 11.3. The number of H-pyrrole nitrogens is 2. The third-order valence-electron chi connectivity index (χ3n) is 5.09. The number of nitrogens with one attached hydrogen (secondary N) is 3. The lowest BCUT2D eigenvalue weighted by Crippen LogP contribution is -2.35. The molecule has 0 aliphatic carbocycles. The standard InChI is InChI=1S/C17H18N4O2S.C5H5NS/c1-18-12-4-2-3-10-7-13(20-16(10)12)17-19-8-11(24-17)9-21-14(22)5-6-15(21)23;7-5-3-1-2-4-6-5/h2-4,7,11,18,20H,5-6,8-9H2,1H3;1-4H,(H,6,7). The number of thioether (sulfide) groups is 1. The van der Waals surface area contributed by atoms with Crippen LogP contribution in [0.4, 0.5) is 5.69 Å². The van der Waals surface area contributed by atoms with E-state index < -0.39 is 0 Å². The molecule has 0 saturated carbocycles. The summed E-state index contributed by atoms with van der Waals surface area (Å²) in [6.45, 7) is 1.09. The SMILES string of the molecule is CNc1cccc2cc(C3=NCC(CN4C(=O)CCC4=O)S3)[nH]c12.S=c1cccc[nH]1. The normalized spacial score (nSPS) is 18.2. The van der Waals surface area contributed by atoms with E-state index >= 15 is 0 Å². The molecule has 2 aliphatic rings. The zero-order valence-corrected chi connectivity index (χ0v) is 18.7. The van der Waals surface area contributed by atoms with Crippen LogP contribution in [0, 0.1) is 4.64 Å². The molecular formula is C22H23N5O2S2. The van der Waals surface area contributed by atoms with Gasteiger partial charge in [-0.25, -0.2) is 0 Å². The molecule has 31 heavy (non-hydrogen) atoms. The average molecular weight is 454 g/mol. The van der Waals surface area contributed by atoms with E-state index in [1.807, 2.05) is 43.6 Å². The second-order valence-corrected chi connectivity index (χ2v) is 8.94. The Hall–Kier alpha value is -2.91. The highest BCUT2D eigenvalue weighted by Crippen LogP contribution is 2.30. The summed E-state index contributed by atoms with van der Waals surface area (Å²) in [5, 5.41) is 5.40. The lowest BCUT2D eigenvalue weighted by atomic mass is 10.2. The molecule has 5 rings (SSSR count). The predicted molar refractivity (Wildman–Crippen MR) is 128 cm³/mol. The second kappa shape index (κ2) is 9.49. The number of nitrogens with zero attached hydrogens (tertiary/aromatic N) is 2. The van der Waals surface area contributed by atoms with Crippen LogP contribution < -0.4 is 5.32 Å². The molecule has 1 unspecified atom stereocenters. The number of imide groups is 1. The highest BCUT2D eigenvalue weighted by Gasteiger charge is 2.33. The van der Waals surface area contributed by atoms with Gasteiger partial charge < -0.3 is 15.3 Å². The number of amides is 2. The first kappa shape index (κ1) is 21.3. The molecule has 0 bridgehead atoms. The number of anilines is 1. The first-order valence-electron chi connectivity index (χ1n) is 10.0. The van der Waals surface area contributed by atoms with E-state index in [-0.39, 0.29) is 17.1 Å². The van der Waals surface area contributed by atoms with Gasteiger partial charge in [-0.3, -0.25) is 19.5 Å². The maximum atomic E-state index is 11.8. The third kappa shape index (κ3) is 4.88. The maximum Gasteiger partial charge on any atom is 0.229 e. The van der Waals surface area contributed by atoms with Crippen molar-refractivity contribution in [1.82, 2.24) is 14.9 Å². The number of aromatic amines is 2. The summed E-state index contributed by atoms with van der Waals surface area (Å²) in [5.41, 5.74) is 3.10. The molecule has 0 spiro atoms. The van der Waals surface area contributed by atoms with E-state index in [9.17, 15) is 9.59 Å². The number of benzene rings is 1. The predicted octanol–water partition coefficient (Wildman–Crippen LogP) is 3.96. The highest BCUT2D eigenvalue weighted by molar-refractivity contribution is 8.15. The van der Waals surface area contributed by atoms with Gasteiger partial charge in [-0.15, -0.1) is 0 Å². The summed E-state index contributed by atoms with van der Waals surface area (Å²) < 4.78 is 0.780. The Morgan fingerprint density at radius 1 is 1.19 bits per heavy atom. The van der Waals surface area contributed by atoms with E-state index in [1.165, 1.54) is 4.90 Å². The molecule has 3 N–H and O–H groups in total. The summed E-state index contributed by atoms with van der Waals surface area (Å²) in [5.74, 6) is -0.114. The molecule has 1 saturated heterocycles. The van der Waals surface area contributed by atoms with E-state index in [0.717, 1.165) is 32.0 Å². The molecule has 0 radical (unpaired) electrons. The fourth-order valence-corrected chi connectivity index (χ4v) is 4.77. The van der Waals surface area contributed by atoms with Crippen LogP contribution in [0.1, 0.15) is 18.5 Å². The fraction of sp³-hybridized carbons (Fsp3) is 0.273. The lowest BCUT2D eigenvalue weighted by molar-refractivity contribution is -0.138. The molecule has 7 nitrogen and oxygen atoms in total. The van der Waals surface area contributed by atoms with Crippen molar-refractivity contribution in [2.45, 2.75) is 18.1 Å². The Morgan fingerprint density at radius 2 is 2.00 bits per heavy atom. The van der Waals surface area contributed by atoms with Crippen molar-refractivity contribution in [3.05, 3.63) is 59.0 Å². The molecule has 2 aromatic heterocycles. The molecule has 3 aromatic rings. The molecule has 2 aliphatic heterocycles. The van der Waals surface area contributed by atoms with Crippen LogP contribution in [0.2, 0.25) is 0 Å². The largest absolute Gasteiger partial charge is 0.386 e. The van der Waals surface area contributed by atoms with E-state index in [4.69, 9.17) is 12.2 Å². The summed E-state index contributed by atoms with van der Waals surface area (Å²) in [7, 11) is 1.90. The number of hydrogen-bond acceptors (Lipinski definition) is 6. The average Bonchev–Trinajstić information content (AvgIpc) is 3.49. The van der Waals surface area contributed by atoms with Gasteiger partial charge >= 0.3 is 0 Å². The number of carbonyl (C=O) groups excluding carboxylic acids is 2. The van der Waals surface area contributed by atoms with Gasteiger partial charge in [0.2, 0.25) is 11.8 Å². The molecule has 1 atom stereocenters. The zero-order valence-electron chi connectivity index (χ0n) is 17.1. The monoisotopic (exact) mass is 453 g/mol. The van der Waals surface area contributed by atoms with Gasteiger partial charge in [0, 0.05) is 43.3 Å². The van der Waals surface area contributed by atoms with Crippen molar-refractivity contribution < 1.29 is 9.59 Å². The Morgan fingerprint density at radius 3 is 2.65 bits per heavy atom. The maximum absolute atomic E-state index is 11.8. The Kier molecular flexibility index (Phi) is 6.53. The molecule has 9 heteroatoms. The van der Waals surface area contributed by atoms with Gasteiger partial charge in [0.25, 0.3) is 0 Å². The molecular weight excluding hydrogens is 430 g/mol. The molecule has 4 heterocycles. The van der Waals surface area contributed by atoms with Crippen LogP contribution in [-0.2, 0) is 9.59 Å². The zero-order chi connectivity index (χ0) is 21.8. The minimum Gasteiger partial charge on any atom is -0.386 e.